The first-order valence-corrected chi connectivity index (χ1v) is 7.06. The second-order valence-electron chi connectivity index (χ2n) is 5.24. The number of nitrogens with one attached hydrogen (secondary N) is 1. The summed E-state index contributed by atoms with van der Waals surface area (Å²) >= 11 is 0. The lowest BCUT2D eigenvalue weighted by Gasteiger charge is -2.30. The number of rotatable bonds is 4. The molecule has 6 heteroatoms. The number of urea groups is 1. The van der Waals surface area contributed by atoms with Crippen molar-refractivity contribution in [1.29, 1.82) is 0 Å². The van der Waals surface area contributed by atoms with E-state index in [1.165, 1.54) is 17.0 Å². The van der Waals surface area contributed by atoms with Gasteiger partial charge in [-0.2, -0.15) is 0 Å². The molecule has 1 saturated heterocycles. The first-order valence-electron chi connectivity index (χ1n) is 7.06. The van der Waals surface area contributed by atoms with E-state index in [2.05, 4.69) is 5.32 Å². The maximum absolute atomic E-state index is 13.0. The second kappa shape index (κ2) is 7.06. The Morgan fingerprint density at radius 2 is 2.24 bits per heavy atom. The van der Waals surface area contributed by atoms with E-state index in [0.29, 0.717) is 32.4 Å². The van der Waals surface area contributed by atoms with Gasteiger partial charge in [0, 0.05) is 19.6 Å². The first kappa shape index (κ1) is 15.3. The number of halogens is 1. The maximum Gasteiger partial charge on any atom is 0.317 e. The Balaban J connectivity index is 1.78. The number of hydrogen-bond donors (Lipinski definition) is 2. The monoisotopic (exact) mass is 294 g/mol. The van der Waals surface area contributed by atoms with Crippen LogP contribution in [0.3, 0.4) is 0 Å². The van der Waals surface area contributed by atoms with Gasteiger partial charge < -0.3 is 15.3 Å². The van der Waals surface area contributed by atoms with Crippen LogP contribution in [0.4, 0.5) is 9.18 Å². The lowest BCUT2D eigenvalue weighted by molar-refractivity contribution is -0.143. The molecule has 21 heavy (non-hydrogen) atoms. The topological polar surface area (TPSA) is 69.6 Å². The number of amides is 2. The molecule has 1 aliphatic rings. The SMILES string of the molecule is O=C(O)C1CCCN(C(=O)NCCc2cccc(F)c2)C1. The van der Waals surface area contributed by atoms with Gasteiger partial charge in [0.15, 0.2) is 0 Å². The Hall–Kier alpha value is -2.11. The van der Waals surface area contributed by atoms with Gasteiger partial charge in [0.2, 0.25) is 0 Å². The Kier molecular flexibility index (Phi) is 5.14. The molecule has 0 radical (unpaired) electrons. The average Bonchev–Trinajstić information content (AvgIpc) is 2.47. The third-order valence-electron chi connectivity index (χ3n) is 3.64. The van der Waals surface area contributed by atoms with Crippen LogP contribution in [0.1, 0.15) is 18.4 Å². The van der Waals surface area contributed by atoms with Gasteiger partial charge >= 0.3 is 12.0 Å². The minimum Gasteiger partial charge on any atom is -0.481 e. The molecule has 2 amide bonds. The van der Waals surface area contributed by atoms with Crippen molar-refractivity contribution in [3.8, 4) is 0 Å². The molecule has 1 atom stereocenters. The molecule has 0 bridgehead atoms. The molecule has 1 aromatic carbocycles. The summed E-state index contributed by atoms with van der Waals surface area (Å²) in [5, 5.41) is 11.7. The van der Waals surface area contributed by atoms with Crippen molar-refractivity contribution in [2.24, 2.45) is 5.92 Å². The highest BCUT2D eigenvalue weighted by Gasteiger charge is 2.27. The quantitative estimate of drug-likeness (QED) is 0.890. The molecule has 1 fully saturated rings. The third-order valence-corrected chi connectivity index (χ3v) is 3.64. The van der Waals surface area contributed by atoms with Crippen molar-refractivity contribution in [2.45, 2.75) is 19.3 Å². The summed E-state index contributed by atoms with van der Waals surface area (Å²) in [5.74, 6) is -1.63. The predicted molar refractivity (Wildman–Crippen MR) is 75.4 cm³/mol. The van der Waals surface area contributed by atoms with Crippen LogP contribution in [-0.2, 0) is 11.2 Å². The molecule has 0 aromatic heterocycles. The number of likely N-dealkylation sites (tertiary alicyclic amines) is 1. The first-order chi connectivity index (χ1) is 10.1. The zero-order valence-electron chi connectivity index (χ0n) is 11.7. The molecule has 0 aliphatic carbocycles. The zero-order valence-corrected chi connectivity index (χ0v) is 11.7. The van der Waals surface area contributed by atoms with Crippen molar-refractivity contribution < 1.29 is 19.1 Å². The molecular formula is C15H19FN2O3. The predicted octanol–water partition coefficient (Wildman–Crippen LogP) is 1.87. The fraction of sp³-hybridized carbons (Fsp3) is 0.467. The third kappa shape index (κ3) is 4.44. The lowest BCUT2D eigenvalue weighted by atomic mass is 9.99. The van der Waals surface area contributed by atoms with Gasteiger partial charge in [0.1, 0.15) is 5.82 Å². The summed E-state index contributed by atoms with van der Waals surface area (Å²) in [5.41, 5.74) is 0.817. The Morgan fingerprint density at radius 1 is 1.43 bits per heavy atom. The Morgan fingerprint density at radius 3 is 2.95 bits per heavy atom. The molecule has 1 heterocycles. The normalized spacial score (nSPS) is 18.3. The van der Waals surface area contributed by atoms with E-state index in [1.807, 2.05) is 0 Å². The van der Waals surface area contributed by atoms with E-state index in [-0.39, 0.29) is 18.4 Å². The lowest BCUT2D eigenvalue weighted by Crippen LogP contribution is -2.47. The average molecular weight is 294 g/mol. The van der Waals surface area contributed by atoms with Crippen LogP contribution < -0.4 is 5.32 Å². The van der Waals surface area contributed by atoms with Gasteiger partial charge in [-0.25, -0.2) is 9.18 Å². The number of carbonyl (C=O) groups is 2. The molecule has 2 N–H and O–H groups in total. The highest BCUT2D eigenvalue weighted by Crippen LogP contribution is 2.16. The second-order valence-corrected chi connectivity index (χ2v) is 5.24. The Labute approximate surface area is 122 Å². The molecular weight excluding hydrogens is 275 g/mol. The smallest absolute Gasteiger partial charge is 0.317 e. The van der Waals surface area contributed by atoms with E-state index < -0.39 is 11.9 Å². The summed E-state index contributed by atoms with van der Waals surface area (Å²) < 4.78 is 13.0. The summed E-state index contributed by atoms with van der Waals surface area (Å²) in [6.07, 6.45) is 1.86. The summed E-state index contributed by atoms with van der Waals surface area (Å²) in [6, 6.07) is 6.00. The van der Waals surface area contributed by atoms with Crippen molar-refractivity contribution in [3.63, 3.8) is 0 Å². The van der Waals surface area contributed by atoms with Gasteiger partial charge in [-0.1, -0.05) is 12.1 Å². The van der Waals surface area contributed by atoms with Crippen LogP contribution in [0.25, 0.3) is 0 Å². The number of aliphatic carboxylic acids is 1. The zero-order chi connectivity index (χ0) is 15.2. The van der Waals surface area contributed by atoms with E-state index >= 15 is 0 Å². The number of piperidine rings is 1. The minimum absolute atomic E-state index is 0.251. The Bertz CT molecular complexity index is 521. The van der Waals surface area contributed by atoms with Crippen LogP contribution in [0.2, 0.25) is 0 Å². The van der Waals surface area contributed by atoms with E-state index in [4.69, 9.17) is 5.11 Å². The highest BCUT2D eigenvalue weighted by atomic mass is 19.1. The van der Waals surface area contributed by atoms with Crippen LogP contribution in [0.15, 0.2) is 24.3 Å². The van der Waals surface area contributed by atoms with Gasteiger partial charge in [0.05, 0.1) is 5.92 Å². The van der Waals surface area contributed by atoms with Crippen molar-refractivity contribution in [2.75, 3.05) is 19.6 Å². The van der Waals surface area contributed by atoms with Crippen LogP contribution in [-0.4, -0.2) is 41.6 Å². The number of benzene rings is 1. The number of hydrogen-bond acceptors (Lipinski definition) is 2. The van der Waals surface area contributed by atoms with Gasteiger partial charge in [-0.05, 0) is 37.0 Å². The van der Waals surface area contributed by atoms with Crippen LogP contribution >= 0.6 is 0 Å². The molecule has 5 nitrogen and oxygen atoms in total. The van der Waals surface area contributed by atoms with Crippen LogP contribution in [0, 0.1) is 11.7 Å². The molecule has 0 spiro atoms. The number of carbonyl (C=O) groups excluding carboxylic acids is 1. The fourth-order valence-electron chi connectivity index (χ4n) is 2.48. The molecule has 1 aromatic rings. The molecule has 1 aliphatic heterocycles. The minimum atomic E-state index is -0.854. The van der Waals surface area contributed by atoms with Gasteiger partial charge in [-0.3, -0.25) is 4.79 Å². The van der Waals surface area contributed by atoms with Crippen molar-refractivity contribution >= 4 is 12.0 Å². The van der Waals surface area contributed by atoms with Crippen molar-refractivity contribution in [1.82, 2.24) is 10.2 Å². The summed E-state index contributed by atoms with van der Waals surface area (Å²) in [7, 11) is 0. The number of carboxylic acid groups (broad SMARTS) is 1. The number of nitrogens with zero attached hydrogens (tertiary/aromatic N) is 1. The maximum atomic E-state index is 13.0. The molecule has 0 saturated carbocycles. The van der Waals surface area contributed by atoms with E-state index in [9.17, 15) is 14.0 Å². The molecule has 1 unspecified atom stereocenters. The summed E-state index contributed by atoms with van der Waals surface area (Å²) in [4.78, 5) is 24.5. The molecule has 114 valence electrons. The molecule has 2 rings (SSSR count). The van der Waals surface area contributed by atoms with Crippen LogP contribution in [0.5, 0.6) is 0 Å². The van der Waals surface area contributed by atoms with Gasteiger partial charge in [0.25, 0.3) is 0 Å². The van der Waals surface area contributed by atoms with Gasteiger partial charge in [-0.15, -0.1) is 0 Å². The largest absolute Gasteiger partial charge is 0.481 e. The van der Waals surface area contributed by atoms with Crippen molar-refractivity contribution in [3.05, 3.63) is 35.6 Å². The van der Waals surface area contributed by atoms with E-state index in [0.717, 1.165) is 5.56 Å². The summed E-state index contributed by atoms with van der Waals surface area (Å²) in [6.45, 7) is 1.23. The standard InChI is InChI=1S/C15H19FN2O3/c16-13-5-1-3-11(9-13)6-7-17-15(21)18-8-2-4-12(10-18)14(19)20/h1,3,5,9,12H,2,4,6-8,10H2,(H,17,21)(H,19,20). The highest BCUT2D eigenvalue weighted by molar-refractivity contribution is 5.76. The number of carboxylic acids is 1. The van der Waals surface area contributed by atoms with E-state index in [1.54, 1.807) is 12.1 Å². The fourth-order valence-corrected chi connectivity index (χ4v) is 2.48.